The van der Waals surface area contributed by atoms with Crippen molar-refractivity contribution in [3.05, 3.63) is 58.7 Å². The Hall–Kier alpha value is -2.48. The lowest BCUT2D eigenvalue weighted by Crippen LogP contribution is -1.99. The van der Waals surface area contributed by atoms with Crippen LogP contribution in [0.15, 0.2) is 36.4 Å². The van der Waals surface area contributed by atoms with Gasteiger partial charge >= 0.3 is 0 Å². The Labute approximate surface area is 149 Å². The quantitative estimate of drug-likeness (QED) is 0.487. The fourth-order valence-electron chi connectivity index (χ4n) is 4.36. The predicted molar refractivity (Wildman–Crippen MR) is 104 cm³/mol. The van der Waals surface area contributed by atoms with E-state index in [1.807, 2.05) is 0 Å². The first-order valence-electron chi connectivity index (χ1n) is 9.03. The summed E-state index contributed by atoms with van der Waals surface area (Å²) in [6, 6.07) is 13.0. The molecule has 0 saturated carbocycles. The zero-order valence-electron chi connectivity index (χ0n) is 15.4. The van der Waals surface area contributed by atoms with E-state index in [-0.39, 0.29) is 0 Å². The SMILES string of the molecule is CCc1c2c(c(CC)c3ccc(OC)cc13)-c1ccc(OC)cc1C2. The van der Waals surface area contributed by atoms with E-state index < -0.39 is 0 Å². The van der Waals surface area contributed by atoms with Crippen LogP contribution in [0.3, 0.4) is 0 Å². The molecule has 2 nitrogen and oxygen atoms in total. The zero-order valence-corrected chi connectivity index (χ0v) is 15.4. The summed E-state index contributed by atoms with van der Waals surface area (Å²) >= 11 is 0. The summed E-state index contributed by atoms with van der Waals surface area (Å²) in [5.74, 6) is 1.87. The number of rotatable bonds is 4. The molecule has 3 aromatic carbocycles. The lowest BCUT2D eigenvalue weighted by Gasteiger charge is -2.18. The van der Waals surface area contributed by atoms with Crippen LogP contribution < -0.4 is 9.47 Å². The van der Waals surface area contributed by atoms with E-state index in [2.05, 4.69) is 50.2 Å². The Kier molecular flexibility index (Phi) is 3.91. The van der Waals surface area contributed by atoms with Crippen LogP contribution in [0.25, 0.3) is 21.9 Å². The van der Waals surface area contributed by atoms with Gasteiger partial charge in [-0.25, -0.2) is 0 Å². The van der Waals surface area contributed by atoms with Crippen molar-refractivity contribution in [2.75, 3.05) is 14.2 Å². The monoisotopic (exact) mass is 332 g/mol. The molecule has 0 heterocycles. The highest BCUT2D eigenvalue weighted by molar-refractivity contribution is 5.99. The summed E-state index contributed by atoms with van der Waals surface area (Å²) in [4.78, 5) is 0. The smallest absolute Gasteiger partial charge is 0.119 e. The Morgan fingerprint density at radius 1 is 0.800 bits per heavy atom. The minimum absolute atomic E-state index is 0.932. The normalized spacial score (nSPS) is 12.2. The number of ether oxygens (including phenoxy) is 2. The van der Waals surface area contributed by atoms with Gasteiger partial charge in [0.05, 0.1) is 14.2 Å². The molecule has 0 spiro atoms. The number of hydrogen-bond donors (Lipinski definition) is 0. The molecule has 4 rings (SSSR count). The van der Waals surface area contributed by atoms with Gasteiger partial charge in [-0.15, -0.1) is 0 Å². The summed E-state index contributed by atoms with van der Waals surface area (Å²) in [7, 11) is 3.47. The molecule has 1 aliphatic rings. The van der Waals surface area contributed by atoms with E-state index >= 15 is 0 Å². The van der Waals surface area contributed by atoms with E-state index in [0.29, 0.717) is 0 Å². The molecule has 0 aliphatic heterocycles. The summed E-state index contributed by atoms with van der Waals surface area (Å²) in [5, 5.41) is 2.71. The zero-order chi connectivity index (χ0) is 17.6. The fourth-order valence-corrected chi connectivity index (χ4v) is 4.36. The average molecular weight is 332 g/mol. The third kappa shape index (κ3) is 2.31. The molecule has 128 valence electrons. The molecule has 0 bridgehead atoms. The number of methoxy groups -OCH3 is 2. The lowest BCUT2D eigenvalue weighted by atomic mass is 9.87. The van der Waals surface area contributed by atoms with Crippen molar-refractivity contribution in [3.8, 4) is 22.6 Å². The van der Waals surface area contributed by atoms with Crippen molar-refractivity contribution in [1.29, 1.82) is 0 Å². The van der Waals surface area contributed by atoms with Crippen LogP contribution in [-0.4, -0.2) is 14.2 Å². The molecule has 3 aromatic rings. The molecular weight excluding hydrogens is 308 g/mol. The maximum atomic E-state index is 5.49. The Balaban J connectivity index is 2.08. The second kappa shape index (κ2) is 6.11. The van der Waals surface area contributed by atoms with Gasteiger partial charge in [0.1, 0.15) is 11.5 Å². The van der Waals surface area contributed by atoms with Gasteiger partial charge < -0.3 is 9.47 Å². The predicted octanol–water partition coefficient (Wildman–Crippen LogP) is 5.55. The van der Waals surface area contributed by atoms with E-state index in [1.54, 1.807) is 14.2 Å². The van der Waals surface area contributed by atoms with Crippen molar-refractivity contribution in [3.63, 3.8) is 0 Å². The summed E-state index contributed by atoms with van der Waals surface area (Å²) in [6.45, 7) is 4.51. The molecule has 1 aliphatic carbocycles. The molecule has 0 saturated heterocycles. The van der Waals surface area contributed by atoms with Crippen molar-refractivity contribution in [1.82, 2.24) is 0 Å². The highest BCUT2D eigenvalue weighted by atomic mass is 16.5. The topological polar surface area (TPSA) is 18.5 Å². The van der Waals surface area contributed by atoms with Crippen molar-refractivity contribution in [2.24, 2.45) is 0 Å². The third-order valence-corrected chi connectivity index (χ3v) is 5.50. The van der Waals surface area contributed by atoms with Crippen molar-refractivity contribution >= 4 is 10.8 Å². The number of hydrogen-bond acceptors (Lipinski definition) is 2. The molecule has 25 heavy (non-hydrogen) atoms. The van der Waals surface area contributed by atoms with Crippen LogP contribution in [0.1, 0.15) is 36.1 Å². The van der Waals surface area contributed by atoms with E-state index in [0.717, 1.165) is 30.8 Å². The molecule has 0 N–H and O–H groups in total. The van der Waals surface area contributed by atoms with Crippen molar-refractivity contribution < 1.29 is 9.47 Å². The van der Waals surface area contributed by atoms with Gasteiger partial charge in [0, 0.05) is 0 Å². The van der Waals surface area contributed by atoms with Crippen LogP contribution in [0.4, 0.5) is 0 Å². The first kappa shape index (κ1) is 16.0. The Morgan fingerprint density at radius 3 is 2.16 bits per heavy atom. The number of aryl methyl sites for hydroxylation is 2. The standard InChI is InChI=1S/C23H24O2/c1-5-17-21-13-16(25-4)8-10-20(21)18(6-2)23-19-9-7-15(24-3)11-14(19)12-22(17)23/h7-11,13H,5-6,12H2,1-4H3. The molecule has 0 aromatic heterocycles. The van der Waals surface area contributed by atoms with Gasteiger partial charge in [-0.2, -0.15) is 0 Å². The maximum Gasteiger partial charge on any atom is 0.119 e. The van der Waals surface area contributed by atoms with E-state index in [1.165, 1.54) is 44.2 Å². The second-order valence-corrected chi connectivity index (χ2v) is 6.63. The first-order valence-corrected chi connectivity index (χ1v) is 9.03. The summed E-state index contributed by atoms with van der Waals surface area (Å²) < 4.78 is 10.9. The summed E-state index contributed by atoms with van der Waals surface area (Å²) in [5.41, 5.74) is 8.60. The highest BCUT2D eigenvalue weighted by Gasteiger charge is 2.26. The molecular formula is C23H24O2. The van der Waals surface area contributed by atoms with Crippen LogP contribution in [0.5, 0.6) is 11.5 Å². The summed E-state index contributed by atoms with van der Waals surface area (Å²) in [6.07, 6.45) is 3.05. The second-order valence-electron chi connectivity index (χ2n) is 6.63. The lowest BCUT2D eigenvalue weighted by molar-refractivity contribution is 0.414. The fraction of sp³-hybridized carbons (Fsp3) is 0.304. The molecule has 0 unspecified atom stereocenters. The van der Waals surface area contributed by atoms with Gasteiger partial charge in [0.15, 0.2) is 0 Å². The minimum Gasteiger partial charge on any atom is -0.497 e. The minimum atomic E-state index is 0.932. The van der Waals surface area contributed by atoms with Gasteiger partial charge in [-0.05, 0) is 87.7 Å². The van der Waals surface area contributed by atoms with Gasteiger partial charge in [0.25, 0.3) is 0 Å². The molecule has 0 radical (unpaired) electrons. The van der Waals surface area contributed by atoms with Gasteiger partial charge in [0.2, 0.25) is 0 Å². The third-order valence-electron chi connectivity index (χ3n) is 5.50. The van der Waals surface area contributed by atoms with Crippen LogP contribution in [-0.2, 0) is 19.3 Å². The van der Waals surface area contributed by atoms with Crippen LogP contribution >= 0.6 is 0 Å². The number of benzene rings is 3. The Morgan fingerprint density at radius 2 is 1.48 bits per heavy atom. The molecule has 0 amide bonds. The number of fused-ring (bicyclic) bond motifs is 4. The largest absolute Gasteiger partial charge is 0.497 e. The Bertz CT molecular complexity index is 970. The highest BCUT2D eigenvalue weighted by Crippen LogP contribution is 2.46. The van der Waals surface area contributed by atoms with E-state index in [9.17, 15) is 0 Å². The molecule has 0 atom stereocenters. The van der Waals surface area contributed by atoms with Crippen LogP contribution in [0, 0.1) is 0 Å². The molecule has 2 heteroatoms. The van der Waals surface area contributed by atoms with Gasteiger partial charge in [-0.3, -0.25) is 0 Å². The van der Waals surface area contributed by atoms with Crippen molar-refractivity contribution in [2.45, 2.75) is 33.1 Å². The van der Waals surface area contributed by atoms with E-state index in [4.69, 9.17) is 9.47 Å². The average Bonchev–Trinajstić information content (AvgIpc) is 3.03. The van der Waals surface area contributed by atoms with Gasteiger partial charge in [-0.1, -0.05) is 26.0 Å². The van der Waals surface area contributed by atoms with Crippen LogP contribution in [0.2, 0.25) is 0 Å². The maximum absolute atomic E-state index is 5.49. The molecule has 0 fully saturated rings. The first-order chi connectivity index (χ1) is 12.2.